The number of rotatable bonds is 7. The Morgan fingerprint density at radius 2 is 0.889 bits per heavy atom. The maximum absolute atomic E-state index is 6.73. The van der Waals surface area contributed by atoms with Gasteiger partial charge in [-0.15, -0.1) is 0 Å². The molecular formula is C52H35NO. The van der Waals surface area contributed by atoms with Gasteiger partial charge in [-0.3, -0.25) is 0 Å². The molecule has 9 aromatic carbocycles. The highest BCUT2D eigenvalue weighted by Crippen LogP contribution is 2.47. The zero-order valence-corrected chi connectivity index (χ0v) is 29.6. The van der Waals surface area contributed by atoms with Crippen molar-refractivity contribution in [2.24, 2.45) is 0 Å². The van der Waals surface area contributed by atoms with Gasteiger partial charge in [0.05, 0.1) is 11.1 Å². The van der Waals surface area contributed by atoms with Crippen LogP contribution in [0.3, 0.4) is 0 Å². The molecule has 0 aliphatic heterocycles. The fourth-order valence-electron chi connectivity index (χ4n) is 7.85. The number of benzene rings is 9. The molecule has 10 rings (SSSR count). The molecule has 2 heteroatoms. The highest BCUT2D eigenvalue weighted by atomic mass is 16.3. The van der Waals surface area contributed by atoms with E-state index in [9.17, 15) is 0 Å². The normalized spacial score (nSPS) is 11.3. The summed E-state index contributed by atoms with van der Waals surface area (Å²) in [6.45, 7) is 0. The first-order valence-electron chi connectivity index (χ1n) is 18.4. The predicted octanol–water partition coefficient (Wildman–Crippen LogP) is 14.9. The second-order valence-corrected chi connectivity index (χ2v) is 13.7. The smallest absolute Gasteiger partial charge is 0.145 e. The van der Waals surface area contributed by atoms with Crippen LogP contribution in [0.15, 0.2) is 217 Å². The Kier molecular flexibility index (Phi) is 7.85. The number of para-hydroxylation sites is 1. The molecule has 254 valence electrons. The number of hydrogen-bond donors (Lipinski definition) is 0. The van der Waals surface area contributed by atoms with Crippen molar-refractivity contribution in [3.05, 3.63) is 212 Å². The van der Waals surface area contributed by atoms with Crippen molar-refractivity contribution in [1.82, 2.24) is 0 Å². The summed E-state index contributed by atoms with van der Waals surface area (Å²) in [6.07, 6.45) is 0. The highest BCUT2D eigenvalue weighted by Gasteiger charge is 2.22. The molecule has 0 amide bonds. The third kappa shape index (κ3) is 5.62. The average molecular weight is 690 g/mol. The fourth-order valence-corrected chi connectivity index (χ4v) is 7.85. The summed E-state index contributed by atoms with van der Waals surface area (Å²) >= 11 is 0. The van der Waals surface area contributed by atoms with Gasteiger partial charge in [-0.25, -0.2) is 0 Å². The Labute approximate surface area is 314 Å². The van der Waals surface area contributed by atoms with Gasteiger partial charge in [0.2, 0.25) is 0 Å². The molecule has 54 heavy (non-hydrogen) atoms. The Balaban J connectivity index is 1.15. The Bertz CT molecular complexity index is 2900. The molecule has 0 atom stereocenters. The molecule has 2 nitrogen and oxygen atoms in total. The summed E-state index contributed by atoms with van der Waals surface area (Å²) in [5.74, 6) is 0. The number of nitrogens with zero attached hydrogens (tertiary/aromatic N) is 1. The van der Waals surface area contributed by atoms with Gasteiger partial charge < -0.3 is 9.32 Å². The molecule has 0 saturated heterocycles. The number of anilines is 3. The molecule has 0 unspecified atom stereocenters. The van der Waals surface area contributed by atoms with Gasteiger partial charge in [0.1, 0.15) is 11.2 Å². The SMILES string of the molecule is c1ccc(-c2ccc(-c3ccc(N(c4cccc(-c5cccc6ccccc56)c4)c4ccc(-c5ccccc5)c5oc6ccccc6c45)cc3)cc2)cc1. The standard InChI is InChI=1S/C52H35NO/c1-3-13-36(14-4-1)37-25-27-38(28-26-37)39-29-31-43(32-30-39)53(44-20-11-19-42(35-44)46-23-12-18-40-17-7-8-21-45(40)46)49-34-33-47(41-15-5-2-6-16-41)52-51(49)48-22-9-10-24-50(48)54-52/h1-35H. The Morgan fingerprint density at radius 3 is 1.63 bits per heavy atom. The van der Waals surface area contributed by atoms with Crippen molar-refractivity contribution in [1.29, 1.82) is 0 Å². The van der Waals surface area contributed by atoms with E-state index in [4.69, 9.17) is 4.42 Å². The van der Waals surface area contributed by atoms with E-state index in [1.54, 1.807) is 0 Å². The summed E-state index contributed by atoms with van der Waals surface area (Å²) in [7, 11) is 0. The van der Waals surface area contributed by atoms with Crippen molar-refractivity contribution in [2.75, 3.05) is 4.90 Å². The van der Waals surface area contributed by atoms with Crippen LogP contribution in [-0.2, 0) is 0 Å². The maximum Gasteiger partial charge on any atom is 0.145 e. The van der Waals surface area contributed by atoms with Crippen LogP contribution in [-0.4, -0.2) is 0 Å². The second-order valence-electron chi connectivity index (χ2n) is 13.7. The first-order chi connectivity index (χ1) is 26.8. The molecule has 1 aromatic heterocycles. The van der Waals surface area contributed by atoms with Crippen LogP contribution in [0.5, 0.6) is 0 Å². The van der Waals surface area contributed by atoms with Crippen molar-refractivity contribution in [2.45, 2.75) is 0 Å². The number of hydrogen-bond acceptors (Lipinski definition) is 2. The van der Waals surface area contributed by atoms with Gasteiger partial charge in [0, 0.05) is 22.3 Å². The van der Waals surface area contributed by atoms with Crippen LogP contribution >= 0.6 is 0 Å². The van der Waals surface area contributed by atoms with Crippen LogP contribution in [0.2, 0.25) is 0 Å². The second kappa shape index (κ2) is 13.4. The quantitative estimate of drug-likeness (QED) is 0.166. The molecule has 0 aliphatic rings. The van der Waals surface area contributed by atoms with Crippen LogP contribution in [0, 0.1) is 0 Å². The van der Waals surface area contributed by atoms with E-state index in [0.717, 1.165) is 50.1 Å². The first kappa shape index (κ1) is 31.6. The van der Waals surface area contributed by atoms with Gasteiger partial charge >= 0.3 is 0 Å². The Morgan fingerprint density at radius 1 is 0.333 bits per heavy atom. The van der Waals surface area contributed by atoms with E-state index in [2.05, 4.69) is 211 Å². The Hall–Kier alpha value is -7.16. The summed E-state index contributed by atoms with van der Waals surface area (Å²) < 4.78 is 6.73. The molecule has 0 spiro atoms. The lowest BCUT2D eigenvalue weighted by Crippen LogP contribution is -2.10. The average Bonchev–Trinajstić information content (AvgIpc) is 3.65. The monoisotopic (exact) mass is 689 g/mol. The zero-order valence-electron chi connectivity index (χ0n) is 29.6. The van der Waals surface area contributed by atoms with E-state index in [1.807, 2.05) is 6.07 Å². The number of fused-ring (bicyclic) bond motifs is 4. The summed E-state index contributed by atoms with van der Waals surface area (Å²) in [5.41, 5.74) is 14.3. The van der Waals surface area contributed by atoms with Crippen molar-refractivity contribution < 1.29 is 4.42 Å². The third-order valence-electron chi connectivity index (χ3n) is 10.5. The van der Waals surface area contributed by atoms with Crippen LogP contribution in [0.1, 0.15) is 0 Å². The maximum atomic E-state index is 6.73. The minimum absolute atomic E-state index is 0.871. The lowest BCUT2D eigenvalue weighted by molar-refractivity contribution is 0.670. The lowest BCUT2D eigenvalue weighted by atomic mass is 9.97. The highest BCUT2D eigenvalue weighted by molar-refractivity contribution is 6.17. The van der Waals surface area contributed by atoms with E-state index in [-0.39, 0.29) is 0 Å². The van der Waals surface area contributed by atoms with E-state index >= 15 is 0 Å². The lowest BCUT2D eigenvalue weighted by Gasteiger charge is -2.27. The summed E-state index contributed by atoms with van der Waals surface area (Å²) in [4.78, 5) is 2.38. The number of furan rings is 1. The molecule has 0 aliphatic carbocycles. The van der Waals surface area contributed by atoms with Gasteiger partial charge in [-0.2, -0.15) is 0 Å². The molecule has 1 heterocycles. The summed E-state index contributed by atoms with van der Waals surface area (Å²) in [5, 5.41) is 4.64. The molecule has 0 saturated carbocycles. The molecule has 10 aromatic rings. The minimum atomic E-state index is 0.871. The topological polar surface area (TPSA) is 16.4 Å². The van der Waals surface area contributed by atoms with Crippen molar-refractivity contribution in [3.8, 4) is 44.5 Å². The first-order valence-corrected chi connectivity index (χ1v) is 18.4. The van der Waals surface area contributed by atoms with Crippen molar-refractivity contribution in [3.63, 3.8) is 0 Å². The van der Waals surface area contributed by atoms with Gasteiger partial charge in [0.15, 0.2) is 0 Å². The van der Waals surface area contributed by atoms with Crippen LogP contribution < -0.4 is 4.90 Å². The largest absolute Gasteiger partial charge is 0.455 e. The third-order valence-corrected chi connectivity index (χ3v) is 10.5. The predicted molar refractivity (Wildman–Crippen MR) is 228 cm³/mol. The van der Waals surface area contributed by atoms with Crippen molar-refractivity contribution >= 4 is 49.8 Å². The summed E-state index contributed by atoms with van der Waals surface area (Å²) in [6, 6.07) is 75.8. The molecule has 0 N–H and O–H groups in total. The van der Waals surface area contributed by atoms with Gasteiger partial charge in [0.25, 0.3) is 0 Å². The van der Waals surface area contributed by atoms with E-state index in [1.165, 1.54) is 44.2 Å². The van der Waals surface area contributed by atoms with Crippen LogP contribution in [0.4, 0.5) is 17.1 Å². The molecular weight excluding hydrogens is 655 g/mol. The zero-order chi connectivity index (χ0) is 35.8. The van der Waals surface area contributed by atoms with E-state index < -0.39 is 0 Å². The molecule has 0 bridgehead atoms. The minimum Gasteiger partial charge on any atom is -0.455 e. The van der Waals surface area contributed by atoms with Gasteiger partial charge in [-0.05, 0) is 92.2 Å². The van der Waals surface area contributed by atoms with Gasteiger partial charge in [-0.1, -0.05) is 170 Å². The molecule has 0 radical (unpaired) electrons. The van der Waals surface area contributed by atoms with Crippen LogP contribution in [0.25, 0.3) is 77.2 Å². The van der Waals surface area contributed by atoms with E-state index in [0.29, 0.717) is 0 Å². The molecule has 0 fully saturated rings. The fraction of sp³-hybridized carbons (Fsp3) is 0.